The predicted molar refractivity (Wildman–Crippen MR) is 79.0 cm³/mol. The average Bonchev–Trinajstić information content (AvgIpc) is 2.94. The fourth-order valence-electron chi connectivity index (χ4n) is 1.94. The molecule has 5 heteroatoms. The van der Waals surface area contributed by atoms with Crippen molar-refractivity contribution in [3.05, 3.63) is 41.9 Å². The Bertz CT molecular complexity index is 536. The third-order valence-electron chi connectivity index (χ3n) is 3.08. The van der Waals surface area contributed by atoms with Crippen molar-refractivity contribution in [3.8, 4) is 5.82 Å². The van der Waals surface area contributed by atoms with Crippen LogP contribution in [0.1, 0.15) is 31.0 Å². The van der Waals surface area contributed by atoms with Crippen LogP contribution in [0.4, 0.5) is 0 Å². The normalized spacial score (nSPS) is 11.2. The number of nitrogens with one attached hydrogen (secondary N) is 1. The van der Waals surface area contributed by atoms with E-state index >= 15 is 0 Å². The first-order valence-electron chi connectivity index (χ1n) is 6.92. The third-order valence-corrected chi connectivity index (χ3v) is 3.08. The molecule has 0 bridgehead atoms. The smallest absolute Gasteiger partial charge is 0.157 e. The first kappa shape index (κ1) is 14.7. The van der Waals surface area contributed by atoms with Gasteiger partial charge in [-0.2, -0.15) is 5.10 Å². The van der Waals surface area contributed by atoms with Gasteiger partial charge in [0.1, 0.15) is 0 Å². The minimum absolute atomic E-state index is 0.420. The van der Waals surface area contributed by atoms with Gasteiger partial charge in [-0.1, -0.05) is 19.9 Å². The molecule has 2 rings (SSSR count). The SMILES string of the molecule is COCCNCc1cccnc1-n1ccc(C(C)C)n1. The van der Waals surface area contributed by atoms with E-state index in [1.165, 1.54) is 0 Å². The minimum atomic E-state index is 0.420. The van der Waals surface area contributed by atoms with Gasteiger partial charge in [0.15, 0.2) is 5.82 Å². The molecular formula is C15H22N4O. The van der Waals surface area contributed by atoms with Crippen LogP contribution >= 0.6 is 0 Å². The van der Waals surface area contributed by atoms with Crippen LogP contribution in [0.2, 0.25) is 0 Å². The zero-order valence-corrected chi connectivity index (χ0v) is 12.3. The maximum absolute atomic E-state index is 5.03. The van der Waals surface area contributed by atoms with Crippen LogP contribution in [0.5, 0.6) is 0 Å². The number of rotatable bonds is 7. The lowest BCUT2D eigenvalue weighted by Crippen LogP contribution is -2.20. The van der Waals surface area contributed by atoms with Crippen LogP contribution in [0, 0.1) is 0 Å². The standard InChI is InChI=1S/C15H22N4O/c1-12(2)14-6-9-19(18-14)15-13(5-4-7-17-15)11-16-8-10-20-3/h4-7,9,12,16H,8,10-11H2,1-3H3. The summed E-state index contributed by atoms with van der Waals surface area (Å²) in [5, 5.41) is 7.92. The fourth-order valence-corrected chi connectivity index (χ4v) is 1.94. The molecule has 0 saturated carbocycles. The van der Waals surface area contributed by atoms with E-state index in [0.29, 0.717) is 12.5 Å². The summed E-state index contributed by atoms with van der Waals surface area (Å²) >= 11 is 0. The summed E-state index contributed by atoms with van der Waals surface area (Å²) in [7, 11) is 1.70. The Kier molecular flexibility index (Phi) is 5.26. The Morgan fingerprint density at radius 1 is 1.35 bits per heavy atom. The van der Waals surface area contributed by atoms with Crippen molar-refractivity contribution in [1.82, 2.24) is 20.1 Å². The summed E-state index contributed by atoms with van der Waals surface area (Å²) in [6.45, 7) is 6.55. The number of pyridine rings is 1. The molecule has 0 aliphatic carbocycles. The molecule has 0 aliphatic heterocycles. The lowest BCUT2D eigenvalue weighted by Gasteiger charge is -2.09. The van der Waals surface area contributed by atoms with Gasteiger partial charge in [0, 0.05) is 38.2 Å². The van der Waals surface area contributed by atoms with Crippen molar-refractivity contribution < 1.29 is 4.74 Å². The van der Waals surface area contributed by atoms with Crippen LogP contribution in [0.15, 0.2) is 30.6 Å². The first-order valence-corrected chi connectivity index (χ1v) is 6.92. The van der Waals surface area contributed by atoms with Crippen molar-refractivity contribution in [2.24, 2.45) is 0 Å². The highest BCUT2D eigenvalue weighted by molar-refractivity contribution is 5.33. The monoisotopic (exact) mass is 274 g/mol. The summed E-state index contributed by atoms with van der Waals surface area (Å²) in [5.41, 5.74) is 2.20. The van der Waals surface area contributed by atoms with Gasteiger partial charge in [0.05, 0.1) is 12.3 Å². The molecule has 2 heterocycles. The second kappa shape index (κ2) is 7.17. The number of ether oxygens (including phenoxy) is 1. The second-order valence-corrected chi connectivity index (χ2v) is 5.00. The summed E-state index contributed by atoms with van der Waals surface area (Å²) in [6.07, 6.45) is 3.76. The molecule has 2 aromatic heterocycles. The zero-order chi connectivity index (χ0) is 14.4. The number of hydrogen-bond acceptors (Lipinski definition) is 4. The summed E-state index contributed by atoms with van der Waals surface area (Å²) in [6, 6.07) is 6.06. The molecule has 0 aromatic carbocycles. The molecule has 0 saturated heterocycles. The first-order chi connectivity index (χ1) is 9.72. The largest absolute Gasteiger partial charge is 0.383 e. The number of aromatic nitrogens is 3. The molecule has 0 aliphatic rings. The number of methoxy groups -OCH3 is 1. The highest BCUT2D eigenvalue weighted by Gasteiger charge is 2.09. The summed E-state index contributed by atoms with van der Waals surface area (Å²) in [5.74, 6) is 1.30. The Morgan fingerprint density at radius 3 is 2.90 bits per heavy atom. The third kappa shape index (κ3) is 3.65. The predicted octanol–water partition coefficient (Wildman–Crippen LogP) is 2.13. The molecule has 0 unspecified atom stereocenters. The van der Waals surface area contributed by atoms with Gasteiger partial charge in [-0.3, -0.25) is 0 Å². The van der Waals surface area contributed by atoms with Crippen LogP contribution in [0.3, 0.4) is 0 Å². The highest BCUT2D eigenvalue weighted by Crippen LogP contribution is 2.15. The van der Waals surface area contributed by atoms with E-state index in [4.69, 9.17) is 4.74 Å². The number of hydrogen-bond donors (Lipinski definition) is 1. The average molecular weight is 274 g/mol. The molecule has 20 heavy (non-hydrogen) atoms. The van der Waals surface area contributed by atoms with Gasteiger partial charge >= 0.3 is 0 Å². The van der Waals surface area contributed by atoms with Crippen molar-refractivity contribution in [2.45, 2.75) is 26.3 Å². The molecule has 2 aromatic rings. The van der Waals surface area contributed by atoms with E-state index < -0.39 is 0 Å². The van der Waals surface area contributed by atoms with Crippen molar-refractivity contribution in [3.63, 3.8) is 0 Å². The molecule has 0 atom stereocenters. The van der Waals surface area contributed by atoms with Crippen molar-refractivity contribution in [1.29, 1.82) is 0 Å². The Hall–Kier alpha value is -1.72. The lowest BCUT2D eigenvalue weighted by atomic mass is 10.1. The van der Waals surface area contributed by atoms with Gasteiger partial charge in [0.25, 0.3) is 0 Å². The van der Waals surface area contributed by atoms with E-state index in [-0.39, 0.29) is 0 Å². The summed E-state index contributed by atoms with van der Waals surface area (Å²) < 4.78 is 6.88. The lowest BCUT2D eigenvalue weighted by molar-refractivity contribution is 0.199. The highest BCUT2D eigenvalue weighted by atomic mass is 16.5. The second-order valence-electron chi connectivity index (χ2n) is 5.00. The van der Waals surface area contributed by atoms with E-state index in [9.17, 15) is 0 Å². The molecule has 0 fully saturated rings. The zero-order valence-electron chi connectivity index (χ0n) is 12.3. The van der Waals surface area contributed by atoms with Crippen LogP contribution in [-0.4, -0.2) is 35.0 Å². The van der Waals surface area contributed by atoms with Gasteiger partial charge in [-0.05, 0) is 18.1 Å². The van der Waals surface area contributed by atoms with Crippen LogP contribution < -0.4 is 5.32 Å². The van der Waals surface area contributed by atoms with Crippen LogP contribution in [-0.2, 0) is 11.3 Å². The van der Waals surface area contributed by atoms with Gasteiger partial charge in [0.2, 0.25) is 0 Å². The topological polar surface area (TPSA) is 52.0 Å². The molecule has 1 N–H and O–H groups in total. The van der Waals surface area contributed by atoms with Gasteiger partial charge in [-0.25, -0.2) is 9.67 Å². The van der Waals surface area contributed by atoms with Gasteiger partial charge in [-0.15, -0.1) is 0 Å². The van der Waals surface area contributed by atoms with Crippen molar-refractivity contribution in [2.75, 3.05) is 20.3 Å². The Labute approximate surface area is 120 Å². The fraction of sp³-hybridized carbons (Fsp3) is 0.467. The summed E-state index contributed by atoms with van der Waals surface area (Å²) in [4.78, 5) is 4.45. The maximum atomic E-state index is 5.03. The quantitative estimate of drug-likeness (QED) is 0.786. The van der Waals surface area contributed by atoms with E-state index in [0.717, 1.165) is 30.2 Å². The number of nitrogens with zero attached hydrogens (tertiary/aromatic N) is 3. The Morgan fingerprint density at radius 2 is 2.20 bits per heavy atom. The molecule has 108 valence electrons. The van der Waals surface area contributed by atoms with Crippen LogP contribution in [0.25, 0.3) is 5.82 Å². The molecular weight excluding hydrogens is 252 g/mol. The molecule has 5 nitrogen and oxygen atoms in total. The van der Waals surface area contributed by atoms with Gasteiger partial charge < -0.3 is 10.1 Å². The van der Waals surface area contributed by atoms with E-state index in [1.54, 1.807) is 13.3 Å². The minimum Gasteiger partial charge on any atom is -0.383 e. The van der Waals surface area contributed by atoms with E-state index in [2.05, 4.69) is 35.3 Å². The van der Waals surface area contributed by atoms with Crippen molar-refractivity contribution >= 4 is 0 Å². The molecule has 0 radical (unpaired) electrons. The molecule has 0 amide bonds. The maximum Gasteiger partial charge on any atom is 0.157 e. The molecule has 0 spiro atoms. The Balaban J connectivity index is 2.14. The van der Waals surface area contributed by atoms with E-state index in [1.807, 2.05) is 23.0 Å².